The maximum absolute atomic E-state index is 13.0. The van der Waals surface area contributed by atoms with E-state index in [1.54, 1.807) is 4.31 Å². The molecule has 0 amide bonds. The Labute approximate surface area is 134 Å². The second-order valence-electron chi connectivity index (χ2n) is 5.77. The molecular weight excluding hydrogens is 318 g/mol. The van der Waals surface area contributed by atoms with Gasteiger partial charge in [-0.15, -0.1) is 10.2 Å². The highest BCUT2D eigenvalue weighted by atomic mass is 32.2. The van der Waals surface area contributed by atoms with E-state index in [1.807, 2.05) is 28.8 Å². The molecule has 0 aliphatic carbocycles. The Bertz CT molecular complexity index is 800. The number of morpholine rings is 1. The number of fused-ring (bicyclic) bond motifs is 1. The SMILES string of the molecule is O=S(=O)(N1CCOCC1)N1CCCC1c1nnc2ccccn12. The van der Waals surface area contributed by atoms with E-state index in [-0.39, 0.29) is 6.04 Å². The highest BCUT2D eigenvalue weighted by Gasteiger charge is 2.41. The summed E-state index contributed by atoms with van der Waals surface area (Å²) in [7, 11) is -3.50. The molecule has 0 radical (unpaired) electrons. The monoisotopic (exact) mass is 337 g/mol. The molecule has 0 spiro atoms. The van der Waals surface area contributed by atoms with Crippen LogP contribution in [0.2, 0.25) is 0 Å². The zero-order valence-corrected chi connectivity index (χ0v) is 13.5. The molecule has 2 saturated heterocycles. The topological polar surface area (TPSA) is 80.0 Å². The van der Waals surface area contributed by atoms with Gasteiger partial charge < -0.3 is 4.74 Å². The Morgan fingerprint density at radius 3 is 2.78 bits per heavy atom. The first-order chi connectivity index (χ1) is 11.2. The summed E-state index contributed by atoms with van der Waals surface area (Å²) in [6.45, 7) is 2.24. The van der Waals surface area contributed by atoms with E-state index >= 15 is 0 Å². The molecule has 0 N–H and O–H groups in total. The van der Waals surface area contributed by atoms with Crippen molar-refractivity contribution < 1.29 is 13.2 Å². The minimum absolute atomic E-state index is 0.264. The normalized spacial score (nSPS) is 24.4. The number of ether oxygens (including phenoxy) is 1. The molecule has 2 aliphatic rings. The van der Waals surface area contributed by atoms with E-state index in [4.69, 9.17) is 4.74 Å². The fraction of sp³-hybridized carbons (Fsp3) is 0.571. The van der Waals surface area contributed by atoms with E-state index in [2.05, 4.69) is 10.2 Å². The molecule has 2 aromatic heterocycles. The molecule has 0 bridgehead atoms. The fourth-order valence-corrected chi connectivity index (χ4v) is 5.08. The molecule has 124 valence electrons. The van der Waals surface area contributed by atoms with Gasteiger partial charge in [-0.25, -0.2) is 0 Å². The third-order valence-corrected chi connectivity index (χ3v) is 6.48. The number of nitrogens with zero attached hydrogens (tertiary/aromatic N) is 5. The van der Waals surface area contributed by atoms with Gasteiger partial charge in [-0.1, -0.05) is 6.07 Å². The predicted octanol–water partition coefficient (Wildman–Crippen LogP) is 0.443. The molecule has 1 atom stereocenters. The van der Waals surface area contributed by atoms with Gasteiger partial charge in [0.25, 0.3) is 10.2 Å². The van der Waals surface area contributed by atoms with Gasteiger partial charge in [0.05, 0.1) is 19.3 Å². The molecule has 2 aliphatic heterocycles. The lowest BCUT2D eigenvalue weighted by Gasteiger charge is -2.32. The van der Waals surface area contributed by atoms with E-state index in [0.29, 0.717) is 38.7 Å². The van der Waals surface area contributed by atoms with Gasteiger partial charge in [-0.05, 0) is 25.0 Å². The highest BCUT2D eigenvalue weighted by molar-refractivity contribution is 7.86. The zero-order chi connectivity index (χ0) is 15.9. The summed E-state index contributed by atoms with van der Waals surface area (Å²) in [4.78, 5) is 0. The summed E-state index contributed by atoms with van der Waals surface area (Å²) in [5, 5.41) is 8.40. The van der Waals surface area contributed by atoms with E-state index in [0.717, 1.165) is 18.5 Å². The lowest BCUT2D eigenvalue weighted by atomic mass is 10.2. The van der Waals surface area contributed by atoms with Crippen LogP contribution in [0.5, 0.6) is 0 Å². The van der Waals surface area contributed by atoms with Crippen LogP contribution in [0.25, 0.3) is 5.65 Å². The van der Waals surface area contributed by atoms with Gasteiger partial charge in [-0.2, -0.15) is 17.0 Å². The van der Waals surface area contributed by atoms with E-state index in [1.165, 1.54) is 4.31 Å². The van der Waals surface area contributed by atoms with Crippen LogP contribution in [0.3, 0.4) is 0 Å². The van der Waals surface area contributed by atoms with Crippen molar-refractivity contribution in [2.75, 3.05) is 32.8 Å². The Balaban J connectivity index is 1.69. The second-order valence-corrected chi connectivity index (χ2v) is 7.66. The van der Waals surface area contributed by atoms with Crippen LogP contribution in [0, 0.1) is 0 Å². The molecule has 0 saturated carbocycles. The number of hydrogen-bond acceptors (Lipinski definition) is 5. The van der Waals surface area contributed by atoms with Crippen molar-refractivity contribution in [3.63, 3.8) is 0 Å². The smallest absolute Gasteiger partial charge is 0.282 e. The minimum atomic E-state index is -3.50. The van der Waals surface area contributed by atoms with Crippen LogP contribution < -0.4 is 0 Å². The molecule has 2 fully saturated rings. The van der Waals surface area contributed by atoms with Crippen molar-refractivity contribution in [3.8, 4) is 0 Å². The van der Waals surface area contributed by atoms with E-state index in [9.17, 15) is 8.42 Å². The number of aromatic nitrogens is 3. The summed E-state index contributed by atoms with van der Waals surface area (Å²) in [5.41, 5.74) is 0.734. The van der Waals surface area contributed by atoms with Crippen molar-refractivity contribution in [3.05, 3.63) is 30.2 Å². The van der Waals surface area contributed by atoms with Crippen molar-refractivity contribution >= 4 is 15.9 Å². The van der Waals surface area contributed by atoms with Crippen LogP contribution in [-0.2, 0) is 14.9 Å². The molecular formula is C14H19N5O3S. The molecule has 8 nitrogen and oxygen atoms in total. The minimum Gasteiger partial charge on any atom is -0.379 e. The van der Waals surface area contributed by atoms with Crippen LogP contribution in [0.1, 0.15) is 24.7 Å². The summed E-state index contributed by atoms with van der Waals surface area (Å²) in [6.07, 6.45) is 3.47. The third-order valence-electron chi connectivity index (χ3n) is 4.43. The molecule has 4 rings (SSSR count). The Morgan fingerprint density at radius 1 is 1.13 bits per heavy atom. The average molecular weight is 337 g/mol. The predicted molar refractivity (Wildman–Crippen MR) is 83.0 cm³/mol. The van der Waals surface area contributed by atoms with Gasteiger partial charge in [0, 0.05) is 25.8 Å². The van der Waals surface area contributed by atoms with Gasteiger partial charge in [0.2, 0.25) is 0 Å². The molecule has 23 heavy (non-hydrogen) atoms. The van der Waals surface area contributed by atoms with Crippen molar-refractivity contribution in [1.82, 2.24) is 23.2 Å². The van der Waals surface area contributed by atoms with Crippen molar-refractivity contribution in [1.29, 1.82) is 0 Å². The summed E-state index contributed by atoms with van der Waals surface area (Å²) < 4.78 is 36.2. The van der Waals surface area contributed by atoms with Crippen molar-refractivity contribution in [2.45, 2.75) is 18.9 Å². The second kappa shape index (κ2) is 5.82. The van der Waals surface area contributed by atoms with Crippen LogP contribution in [-0.4, -0.2) is 64.5 Å². The number of rotatable bonds is 3. The molecule has 0 aromatic carbocycles. The summed E-state index contributed by atoms with van der Waals surface area (Å²) in [6, 6.07) is 5.40. The average Bonchev–Trinajstić information content (AvgIpc) is 3.22. The maximum atomic E-state index is 13.0. The van der Waals surface area contributed by atoms with Gasteiger partial charge >= 0.3 is 0 Å². The zero-order valence-electron chi connectivity index (χ0n) is 12.7. The fourth-order valence-electron chi connectivity index (χ4n) is 3.29. The first kappa shape index (κ1) is 15.0. The highest BCUT2D eigenvalue weighted by Crippen LogP contribution is 2.34. The molecule has 1 unspecified atom stereocenters. The van der Waals surface area contributed by atoms with E-state index < -0.39 is 10.2 Å². The number of hydrogen-bond donors (Lipinski definition) is 0. The quantitative estimate of drug-likeness (QED) is 0.812. The lowest BCUT2D eigenvalue weighted by Crippen LogP contribution is -2.48. The Hall–Kier alpha value is -1.55. The molecule has 2 aromatic rings. The van der Waals surface area contributed by atoms with Gasteiger partial charge in [0.15, 0.2) is 11.5 Å². The summed E-state index contributed by atoms with van der Waals surface area (Å²) >= 11 is 0. The summed E-state index contributed by atoms with van der Waals surface area (Å²) in [5.74, 6) is 0.690. The first-order valence-corrected chi connectivity index (χ1v) is 9.22. The van der Waals surface area contributed by atoms with Crippen molar-refractivity contribution in [2.24, 2.45) is 0 Å². The van der Waals surface area contributed by atoms with Crippen LogP contribution >= 0.6 is 0 Å². The Morgan fingerprint density at radius 2 is 1.96 bits per heavy atom. The van der Waals surface area contributed by atoms with Gasteiger partial charge in [-0.3, -0.25) is 4.40 Å². The maximum Gasteiger partial charge on any atom is 0.282 e. The van der Waals surface area contributed by atoms with Crippen LogP contribution in [0.15, 0.2) is 24.4 Å². The van der Waals surface area contributed by atoms with Gasteiger partial charge in [0.1, 0.15) is 0 Å². The number of pyridine rings is 1. The third kappa shape index (κ3) is 2.53. The molecule has 9 heteroatoms. The lowest BCUT2D eigenvalue weighted by molar-refractivity contribution is 0.0698. The largest absolute Gasteiger partial charge is 0.379 e. The first-order valence-electron chi connectivity index (χ1n) is 7.82. The molecule has 4 heterocycles. The standard InChI is InChI=1S/C14H19N5O3S/c20-23(21,17-8-10-22-11-9-17)19-7-3-4-12(19)14-16-15-13-5-1-2-6-18(13)14/h1-2,5-6,12H,3-4,7-11H2. The Kier molecular flexibility index (Phi) is 3.80. The van der Waals surface area contributed by atoms with Crippen LogP contribution in [0.4, 0.5) is 0 Å².